The van der Waals surface area contributed by atoms with E-state index in [1.54, 1.807) is 7.11 Å². The first-order chi connectivity index (χ1) is 10.8. The van der Waals surface area contributed by atoms with Gasteiger partial charge in [0.25, 0.3) is 0 Å². The number of aromatic nitrogens is 2. The topological polar surface area (TPSA) is 26.5 Å². The molecule has 3 nitrogen and oxygen atoms in total. The molecule has 3 rings (SSSR count). The number of unbranched alkanes of at least 4 members (excludes halogenated alkanes) is 1. The molecule has 0 amide bonds. The van der Waals surface area contributed by atoms with Crippen LogP contribution >= 0.6 is 0 Å². The monoisotopic (exact) mass is 292 g/mol. The fourth-order valence-electron chi connectivity index (χ4n) is 2.52. The number of ether oxygens (including phenoxy) is 1. The average Bonchev–Trinajstić information content (AvgIpc) is 3.04. The number of fused-ring (bicyclic) bond motifs is 3. The molecule has 0 N–H and O–H groups in total. The molecule has 0 saturated carbocycles. The highest BCUT2D eigenvalue weighted by Crippen LogP contribution is 2.23. The molecule has 2 aromatic heterocycles. The zero-order valence-corrected chi connectivity index (χ0v) is 13.0. The van der Waals surface area contributed by atoms with Crippen LogP contribution in [0, 0.1) is 0 Å². The summed E-state index contributed by atoms with van der Waals surface area (Å²) in [5.74, 6) is 0.823. The van der Waals surface area contributed by atoms with Gasteiger partial charge in [-0.1, -0.05) is 31.6 Å². The molecule has 3 aromatic rings. The highest BCUT2D eigenvalue weighted by atomic mass is 16.5. The maximum Gasteiger partial charge on any atom is 0.121 e. The second-order valence-corrected chi connectivity index (χ2v) is 5.19. The Morgan fingerprint density at radius 2 is 2.09 bits per heavy atom. The van der Waals surface area contributed by atoms with E-state index in [0.717, 1.165) is 34.4 Å². The van der Waals surface area contributed by atoms with E-state index in [4.69, 9.17) is 9.72 Å². The van der Waals surface area contributed by atoms with Crippen molar-refractivity contribution in [3.8, 4) is 5.75 Å². The molecule has 0 aliphatic heterocycles. The Morgan fingerprint density at radius 1 is 1.18 bits per heavy atom. The zero-order chi connectivity index (χ0) is 15.4. The van der Waals surface area contributed by atoms with Gasteiger partial charge in [-0.3, -0.25) is 0 Å². The van der Waals surface area contributed by atoms with Gasteiger partial charge in [0.05, 0.1) is 29.4 Å². The normalized spacial score (nSPS) is 12.1. The number of methoxy groups -OCH3 is 1. The van der Waals surface area contributed by atoms with Gasteiger partial charge in [0.15, 0.2) is 0 Å². The lowest BCUT2D eigenvalue weighted by Crippen LogP contribution is -1.94. The number of hydrogen-bond acceptors (Lipinski definition) is 2. The smallest absolute Gasteiger partial charge is 0.121 e. The summed E-state index contributed by atoms with van der Waals surface area (Å²) < 4.78 is 7.47. The van der Waals surface area contributed by atoms with Crippen molar-refractivity contribution in [2.24, 2.45) is 0 Å². The van der Waals surface area contributed by atoms with Gasteiger partial charge in [-0.15, -0.1) is 0 Å². The molecular weight excluding hydrogens is 272 g/mol. The lowest BCUT2D eigenvalue weighted by molar-refractivity contribution is 0.415. The van der Waals surface area contributed by atoms with Crippen LogP contribution < -0.4 is 4.74 Å². The van der Waals surface area contributed by atoms with Gasteiger partial charge in [-0.05, 0) is 36.8 Å². The number of allylic oxidation sites excluding steroid dienone is 3. The predicted molar refractivity (Wildman–Crippen MR) is 92.3 cm³/mol. The van der Waals surface area contributed by atoms with Crippen LogP contribution in [-0.2, 0) is 0 Å². The average molecular weight is 292 g/mol. The van der Waals surface area contributed by atoms with Crippen LogP contribution in [-0.4, -0.2) is 16.5 Å². The summed E-state index contributed by atoms with van der Waals surface area (Å²) in [7, 11) is 1.68. The summed E-state index contributed by atoms with van der Waals surface area (Å²) >= 11 is 0. The Hall–Kier alpha value is -2.55. The van der Waals surface area contributed by atoms with E-state index in [-0.39, 0.29) is 0 Å². The Kier molecular flexibility index (Phi) is 4.24. The van der Waals surface area contributed by atoms with Crippen molar-refractivity contribution < 1.29 is 4.74 Å². The first-order valence-electron chi connectivity index (χ1n) is 7.61. The van der Waals surface area contributed by atoms with Crippen molar-refractivity contribution in [3.05, 3.63) is 60.5 Å². The van der Waals surface area contributed by atoms with E-state index in [0.29, 0.717) is 0 Å². The van der Waals surface area contributed by atoms with Gasteiger partial charge < -0.3 is 9.14 Å². The standard InChI is InChI=1S/C19H20N2O/c1-3-4-5-6-7-9-16-18-10-8-13-21(18)19-12-11-15(22-2)14-17(19)20-16/h5-14H,3-4H2,1-2H3/b6-5+,9-7+. The van der Waals surface area contributed by atoms with Crippen LogP contribution in [0.1, 0.15) is 25.5 Å². The minimum atomic E-state index is 0.823. The maximum atomic E-state index is 5.30. The van der Waals surface area contributed by atoms with Crippen molar-refractivity contribution in [3.63, 3.8) is 0 Å². The van der Waals surface area contributed by atoms with Gasteiger partial charge >= 0.3 is 0 Å². The molecule has 0 spiro atoms. The number of rotatable bonds is 5. The highest BCUT2D eigenvalue weighted by molar-refractivity contribution is 5.84. The van der Waals surface area contributed by atoms with E-state index >= 15 is 0 Å². The Labute approximate surface area is 130 Å². The van der Waals surface area contributed by atoms with Gasteiger partial charge in [0, 0.05) is 12.3 Å². The summed E-state index contributed by atoms with van der Waals surface area (Å²) in [4.78, 5) is 4.78. The Bertz CT molecular complexity index is 843. The summed E-state index contributed by atoms with van der Waals surface area (Å²) in [6, 6.07) is 10.1. The van der Waals surface area contributed by atoms with E-state index < -0.39 is 0 Å². The van der Waals surface area contributed by atoms with Crippen LogP contribution in [0.25, 0.3) is 22.6 Å². The van der Waals surface area contributed by atoms with Gasteiger partial charge in [0.1, 0.15) is 5.75 Å². The second kappa shape index (κ2) is 6.48. The maximum absolute atomic E-state index is 5.30. The van der Waals surface area contributed by atoms with Crippen LogP contribution in [0.3, 0.4) is 0 Å². The molecule has 0 bridgehead atoms. The molecule has 1 aromatic carbocycles. The van der Waals surface area contributed by atoms with E-state index in [2.05, 4.69) is 47.9 Å². The van der Waals surface area contributed by atoms with Gasteiger partial charge in [0.2, 0.25) is 0 Å². The molecule has 0 aliphatic rings. The van der Waals surface area contributed by atoms with Crippen molar-refractivity contribution >= 4 is 22.6 Å². The lowest BCUT2D eigenvalue weighted by Gasteiger charge is -2.07. The molecule has 2 heterocycles. The van der Waals surface area contributed by atoms with Gasteiger partial charge in [-0.25, -0.2) is 4.98 Å². The second-order valence-electron chi connectivity index (χ2n) is 5.19. The Morgan fingerprint density at radius 3 is 2.91 bits per heavy atom. The zero-order valence-electron chi connectivity index (χ0n) is 13.0. The molecule has 0 atom stereocenters. The predicted octanol–water partition coefficient (Wildman–Crippen LogP) is 4.87. The van der Waals surface area contributed by atoms with Crippen LogP contribution in [0.15, 0.2) is 54.8 Å². The van der Waals surface area contributed by atoms with Crippen molar-refractivity contribution in [1.29, 1.82) is 0 Å². The molecule has 0 radical (unpaired) electrons. The molecule has 112 valence electrons. The first-order valence-corrected chi connectivity index (χ1v) is 7.61. The number of nitrogens with zero attached hydrogens (tertiary/aromatic N) is 2. The number of benzene rings is 1. The molecule has 0 fully saturated rings. The molecular formula is C19H20N2O. The van der Waals surface area contributed by atoms with E-state index in [1.165, 1.54) is 6.42 Å². The molecule has 3 heteroatoms. The SMILES string of the molecule is CCC/C=C/C=C/c1nc2cc(OC)ccc2n2cccc12. The van der Waals surface area contributed by atoms with Gasteiger partial charge in [-0.2, -0.15) is 0 Å². The fraction of sp³-hybridized carbons (Fsp3) is 0.211. The summed E-state index contributed by atoms with van der Waals surface area (Å²) in [6.45, 7) is 2.18. The van der Waals surface area contributed by atoms with E-state index in [9.17, 15) is 0 Å². The van der Waals surface area contributed by atoms with E-state index in [1.807, 2.05) is 24.3 Å². The van der Waals surface area contributed by atoms with Crippen LogP contribution in [0.4, 0.5) is 0 Å². The minimum absolute atomic E-state index is 0.823. The molecule has 0 saturated heterocycles. The summed E-state index contributed by atoms with van der Waals surface area (Å²) in [5, 5.41) is 0. The third kappa shape index (κ3) is 2.75. The largest absolute Gasteiger partial charge is 0.497 e. The summed E-state index contributed by atoms with van der Waals surface area (Å²) in [6.07, 6.45) is 12.7. The third-order valence-corrected chi connectivity index (χ3v) is 3.65. The third-order valence-electron chi connectivity index (χ3n) is 3.65. The number of hydrogen-bond donors (Lipinski definition) is 0. The first kappa shape index (κ1) is 14.4. The minimum Gasteiger partial charge on any atom is -0.497 e. The molecule has 0 aliphatic carbocycles. The summed E-state index contributed by atoms with van der Waals surface area (Å²) in [5.41, 5.74) is 4.09. The van der Waals surface area contributed by atoms with Crippen LogP contribution in [0.2, 0.25) is 0 Å². The molecule has 0 unspecified atom stereocenters. The quantitative estimate of drug-likeness (QED) is 0.627. The lowest BCUT2D eigenvalue weighted by atomic mass is 10.2. The highest BCUT2D eigenvalue weighted by Gasteiger charge is 2.06. The fourth-order valence-corrected chi connectivity index (χ4v) is 2.52. The molecule has 22 heavy (non-hydrogen) atoms. The van der Waals surface area contributed by atoms with Crippen molar-refractivity contribution in [1.82, 2.24) is 9.38 Å². The van der Waals surface area contributed by atoms with Crippen molar-refractivity contribution in [2.45, 2.75) is 19.8 Å². The van der Waals surface area contributed by atoms with Crippen LogP contribution in [0.5, 0.6) is 5.75 Å². The Balaban J connectivity index is 2.09. The van der Waals surface area contributed by atoms with Crippen molar-refractivity contribution in [2.75, 3.05) is 7.11 Å².